The molecular formula is C15H22N2OS2. The van der Waals surface area contributed by atoms with Crippen LogP contribution in [0.3, 0.4) is 0 Å². The van der Waals surface area contributed by atoms with Crippen molar-refractivity contribution in [3.05, 3.63) is 22.4 Å². The molecule has 1 amide bonds. The van der Waals surface area contributed by atoms with Gasteiger partial charge in [-0.15, -0.1) is 11.3 Å². The fraction of sp³-hybridized carbons (Fsp3) is 0.667. The van der Waals surface area contributed by atoms with E-state index >= 15 is 0 Å². The average molecular weight is 310 g/mol. The van der Waals surface area contributed by atoms with Crippen LogP contribution in [0.2, 0.25) is 0 Å². The first kappa shape index (κ1) is 14.4. The number of amides is 1. The lowest BCUT2D eigenvalue weighted by atomic mass is 10.1. The van der Waals surface area contributed by atoms with Gasteiger partial charge in [0.15, 0.2) is 0 Å². The van der Waals surface area contributed by atoms with Crippen LogP contribution in [0.15, 0.2) is 17.5 Å². The van der Waals surface area contributed by atoms with Crippen molar-refractivity contribution in [2.24, 2.45) is 0 Å². The van der Waals surface area contributed by atoms with Gasteiger partial charge in [0.2, 0.25) is 5.91 Å². The predicted molar refractivity (Wildman–Crippen MR) is 86.1 cm³/mol. The van der Waals surface area contributed by atoms with E-state index in [0.717, 1.165) is 19.4 Å². The second kappa shape index (κ2) is 6.50. The topological polar surface area (TPSA) is 32.3 Å². The van der Waals surface area contributed by atoms with Crippen molar-refractivity contribution >= 4 is 29.0 Å². The summed E-state index contributed by atoms with van der Waals surface area (Å²) >= 11 is 3.77. The highest BCUT2D eigenvalue weighted by Crippen LogP contribution is 2.34. The number of thiophene rings is 1. The summed E-state index contributed by atoms with van der Waals surface area (Å²) in [6.07, 6.45) is 4.64. The summed E-state index contributed by atoms with van der Waals surface area (Å²) in [5.41, 5.74) is 0. The van der Waals surface area contributed by atoms with E-state index < -0.39 is 0 Å². The highest BCUT2D eigenvalue weighted by atomic mass is 32.2. The van der Waals surface area contributed by atoms with Crippen LogP contribution in [-0.4, -0.2) is 34.4 Å². The Morgan fingerprint density at radius 1 is 1.50 bits per heavy atom. The first-order valence-electron chi connectivity index (χ1n) is 7.51. The Kier molecular flexibility index (Phi) is 4.68. The maximum atomic E-state index is 12.6. The van der Waals surface area contributed by atoms with Crippen LogP contribution < -0.4 is 5.32 Å². The Balaban J connectivity index is 1.76. The molecule has 0 aliphatic carbocycles. The maximum absolute atomic E-state index is 12.6. The fourth-order valence-electron chi connectivity index (χ4n) is 3.06. The second-order valence-corrected chi connectivity index (χ2v) is 7.94. The molecule has 3 unspecified atom stereocenters. The van der Waals surface area contributed by atoms with Crippen molar-refractivity contribution in [2.75, 3.05) is 12.3 Å². The summed E-state index contributed by atoms with van der Waals surface area (Å²) in [4.78, 5) is 16.0. The molecule has 3 nitrogen and oxygen atoms in total. The number of thioether (sulfide) groups is 1. The molecule has 20 heavy (non-hydrogen) atoms. The van der Waals surface area contributed by atoms with Crippen molar-refractivity contribution in [1.29, 1.82) is 0 Å². The Labute approximate surface area is 129 Å². The Morgan fingerprint density at radius 2 is 2.40 bits per heavy atom. The van der Waals surface area contributed by atoms with E-state index in [0.29, 0.717) is 11.2 Å². The molecule has 0 aromatic carbocycles. The summed E-state index contributed by atoms with van der Waals surface area (Å²) in [6.45, 7) is 3.05. The first-order valence-corrected chi connectivity index (χ1v) is 9.44. The SMILES string of the molecule is CCCC1NC(c2cccs2)N(CC2CCCS2)C1=O. The molecule has 1 N–H and O–H groups in total. The normalized spacial score (nSPS) is 30.4. The molecule has 2 saturated heterocycles. The quantitative estimate of drug-likeness (QED) is 0.906. The molecule has 110 valence electrons. The predicted octanol–water partition coefficient (Wildman–Crippen LogP) is 3.24. The zero-order chi connectivity index (χ0) is 13.9. The zero-order valence-corrected chi connectivity index (χ0v) is 13.5. The van der Waals surface area contributed by atoms with Gasteiger partial charge in [0.25, 0.3) is 0 Å². The molecular weight excluding hydrogens is 288 g/mol. The van der Waals surface area contributed by atoms with E-state index in [2.05, 4.69) is 34.7 Å². The number of carbonyl (C=O) groups excluding carboxylic acids is 1. The lowest BCUT2D eigenvalue weighted by molar-refractivity contribution is -0.130. The van der Waals surface area contributed by atoms with Crippen molar-refractivity contribution in [1.82, 2.24) is 10.2 Å². The molecule has 3 rings (SSSR count). The number of carbonyl (C=O) groups is 1. The van der Waals surface area contributed by atoms with E-state index in [1.807, 2.05) is 11.8 Å². The van der Waals surface area contributed by atoms with Crippen molar-refractivity contribution < 1.29 is 4.79 Å². The van der Waals surface area contributed by atoms with Gasteiger partial charge in [-0.25, -0.2) is 0 Å². The van der Waals surface area contributed by atoms with Gasteiger partial charge >= 0.3 is 0 Å². The molecule has 2 fully saturated rings. The van der Waals surface area contributed by atoms with Crippen LogP contribution in [0.25, 0.3) is 0 Å². The highest BCUT2D eigenvalue weighted by Gasteiger charge is 2.40. The van der Waals surface area contributed by atoms with Crippen molar-refractivity contribution in [2.45, 2.75) is 50.1 Å². The highest BCUT2D eigenvalue weighted by molar-refractivity contribution is 8.00. The smallest absolute Gasteiger partial charge is 0.241 e. The Morgan fingerprint density at radius 3 is 3.05 bits per heavy atom. The summed E-state index contributed by atoms with van der Waals surface area (Å²) in [5, 5.41) is 6.27. The molecule has 0 spiro atoms. The van der Waals surface area contributed by atoms with Gasteiger partial charge in [-0.1, -0.05) is 19.4 Å². The fourth-order valence-corrected chi connectivity index (χ4v) is 5.12. The lowest BCUT2D eigenvalue weighted by Gasteiger charge is -2.26. The van der Waals surface area contributed by atoms with Gasteiger partial charge < -0.3 is 4.90 Å². The molecule has 0 bridgehead atoms. The summed E-state index contributed by atoms with van der Waals surface area (Å²) in [7, 11) is 0. The molecule has 0 saturated carbocycles. The van der Waals surface area contributed by atoms with Crippen molar-refractivity contribution in [3.63, 3.8) is 0 Å². The molecule has 2 aliphatic heterocycles. The van der Waals surface area contributed by atoms with Crippen LogP contribution in [0.1, 0.15) is 43.6 Å². The van der Waals surface area contributed by atoms with E-state index in [1.54, 1.807) is 11.3 Å². The molecule has 3 atom stereocenters. The summed E-state index contributed by atoms with van der Waals surface area (Å²) in [6, 6.07) is 4.22. The van der Waals surface area contributed by atoms with Crippen LogP contribution in [-0.2, 0) is 4.79 Å². The second-order valence-electron chi connectivity index (χ2n) is 5.55. The van der Waals surface area contributed by atoms with Crippen LogP contribution >= 0.6 is 23.1 Å². The minimum absolute atomic E-state index is 0.0125. The standard InChI is InChI=1S/C15H22N2OS2/c1-2-5-12-15(18)17(10-11-6-3-8-19-11)14(16-12)13-7-4-9-20-13/h4,7,9,11-12,14,16H,2-3,5-6,8,10H2,1H3. The van der Waals surface area contributed by atoms with E-state index in [-0.39, 0.29) is 12.2 Å². The average Bonchev–Trinajstić information content (AvgIpc) is 3.16. The van der Waals surface area contributed by atoms with Gasteiger partial charge in [-0.05, 0) is 36.5 Å². The minimum atomic E-state index is 0.0125. The molecule has 1 aromatic rings. The number of hydrogen-bond acceptors (Lipinski definition) is 4. The number of rotatable bonds is 5. The van der Waals surface area contributed by atoms with Gasteiger partial charge in [-0.3, -0.25) is 10.1 Å². The third-order valence-electron chi connectivity index (χ3n) is 4.07. The van der Waals surface area contributed by atoms with Gasteiger partial charge in [-0.2, -0.15) is 11.8 Å². The van der Waals surface area contributed by atoms with Gasteiger partial charge in [0, 0.05) is 16.7 Å². The van der Waals surface area contributed by atoms with Gasteiger partial charge in [0.05, 0.1) is 6.04 Å². The molecule has 5 heteroatoms. The molecule has 0 radical (unpaired) electrons. The Bertz CT molecular complexity index is 443. The summed E-state index contributed by atoms with van der Waals surface area (Å²) < 4.78 is 0. The Hall–Kier alpha value is -0.520. The van der Waals surface area contributed by atoms with E-state index in [1.165, 1.54) is 23.5 Å². The number of hydrogen-bond donors (Lipinski definition) is 1. The zero-order valence-electron chi connectivity index (χ0n) is 11.9. The third-order valence-corrected chi connectivity index (χ3v) is 6.37. The largest absolute Gasteiger partial charge is 0.320 e. The molecule has 3 heterocycles. The summed E-state index contributed by atoms with van der Waals surface area (Å²) in [5.74, 6) is 1.56. The van der Waals surface area contributed by atoms with Crippen LogP contribution in [0, 0.1) is 0 Å². The monoisotopic (exact) mass is 310 g/mol. The maximum Gasteiger partial charge on any atom is 0.241 e. The van der Waals surface area contributed by atoms with Crippen LogP contribution in [0.5, 0.6) is 0 Å². The van der Waals surface area contributed by atoms with Gasteiger partial charge in [0.1, 0.15) is 6.17 Å². The van der Waals surface area contributed by atoms with E-state index in [4.69, 9.17) is 0 Å². The third kappa shape index (κ3) is 2.90. The van der Waals surface area contributed by atoms with Crippen molar-refractivity contribution in [3.8, 4) is 0 Å². The lowest BCUT2D eigenvalue weighted by Crippen LogP contribution is -2.35. The molecule has 1 aromatic heterocycles. The number of nitrogens with one attached hydrogen (secondary N) is 1. The number of nitrogens with zero attached hydrogens (tertiary/aromatic N) is 1. The minimum Gasteiger partial charge on any atom is -0.320 e. The van der Waals surface area contributed by atoms with E-state index in [9.17, 15) is 4.79 Å². The first-order chi connectivity index (χ1) is 9.79. The van der Waals surface area contributed by atoms with Crippen LogP contribution in [0.4, 0.5) is 0 Å². The molecule has 2 aliphatic rings.